The average molecular weight is 512 g/mol. The molecule has 36 heavy (non-hydrogen) atoms. The van der Waals surface area contributed by atoms with Crippen LogP contribution in [0, 0.1) is 5.92 Å². The summed E-state index contributed by atoms with van der Waals surface area (Å²) in [6.07, 6.45) is 8.73. The van der Waals surface area contributed by atoms with Crippen LogP contribution in [0.2, 0.25) is 0 Å². The van der Waals surface area contributed by atoms with Gasteiger partial charge in [-0.3, -0.25) is 9.59 Å². The number of carbonyl (C=O) groups is 2. The highest BCUT2D eigenvalue weighted by molar-refractivity contribution is 5.86. The van der Waals surface area contributed by atoms with Crippen molar-refractivity contribution in [3.63, 3.8) is 0 Å². The molecule has 2 N–H and O–H groups in total. The summed E-state index contributed by atoms with van der Waals surface area (Å²) in [5, 5.41) is 17.8. The number of nitrogens with one attached hydrogen (secondary N) is 2. The van der Waals surface area contributed by atoms with E-state index < -0.39 is 0 Å². The second kappa shape index (κ2) is 12.9. The van der Waals surface area contributed by atoms with Crippen molar-refractivity contribution in [3.05, 3.63) is 71.4 Å². The molecule has 1 aliphatic carbocycles. The largest absolute Gasteiger partial charge is 0.368 e. The highest BCUT2D eigenvalue weighted by Crippen LogP contribution is 2.27. The lowest BCUT2D eigenvalue weighted by Gasteiger charge is -2.20. The lowest BCUT2D eigenvalue weighted by atomic mass is 9.93. The number of aromatic nitrogens is 2. The standard InChI is InChI=1S/C25H29N7O3.ClH/c1-32(2)16-17-8-10-18(11-9-17)23-28-22(35-31-23)13-12-21(33)26-14-5-15-27-24-19-6-3-4-7-20(19)25(34)30-29-24;/h3-4,6-11,20,27H,5,12-16H2,1-2H3,(H,26,33);1H. The lowest BCUT2D eigenvalue weighted by Crippen LogP contribution is -2.28. The molecular formula is C25H30ClN7O3. The maximum absolute atomic E-state index is 12.2. The number of hydrogen-bond donors (Lipinski definition) is 2. The molecule has 0 fully saturated rings. The van der Waals surface area contributed by atoms with Gasteiger partial charge in [0.1, 0.15) is 0 Å². The molecule has 2 aliphatic rings. The van der Waals surface area contributed by atoms with Gasteiger partial charge in [-0.15, -0.1) is 22.6 Å². The van der Waals surface area contributed by atoms with E-state index >= 15 is 0 Å². The molecule has 0 saturated carbocycles. The lowest BCUT2D eigenvalue weighted by molar-refractivity contribution is -0.121. The van der Waals surface area contributed by atoms with Crippen LogP contribution in [0.15, 0.2) is 74.7 Å². The van der Waals surface area contributed by atoms with E-state index in [9.17, 15) is 9.59 Å². The highest BCUT2D eigenvalue weighted by Gasteiger charge is 2.26. The van der Waals surface area contributed by atoms with Crippen molar-refractivity contribution in [1.29, 1.82) is 0 Å². The molecule has 1 unspecified atom stereocenters. The van der Waals surface area contributed by atoms with Gasteiger partial charge < -0.3 is 20.1 Å². The van der Waals surface area contributed by atoms with Crippen molar-refractivity contribution in [2.45, 2.75) is 25.8 Å². The van der Waals surface area contributed by atoms with Gasteiger partial charge in [0.2, 0.25) is 17.6 Å². The Kier molecular flexibility index (Phi) is 9.66. The maximum Gasteiger partial charge on any atom is 0.276 e. The van der Waals surface area contributed by atoms with Gasteiger partial charge in [0.25, 0.3) is 5.91 Å². The Morgan fingerprint density at radius 2 is 1.92 bits per heavy atom. The minimum Gasteiger partial charge on any atom is -0.368 e. The molecule has 2 heterocycles. The van der Waals surface area contributed by atoms with E-state index in [1.165, 1.54) is 5.56 Å². The number of halogens is 1. The first kappa shape index (κ1) is 27.0. The van der Waals surface area contributed by atoms with Crippen LogP contribution < -0.4 is 10.6 Å². The molecule has 10 nitrogen and oxygen atoms in total. The second-order valence-corrected chi connectivity index (χ2v) is 8.64. The van der Waals surface area contributed by atoms with E-state index in [2.05, 4.69) is 35.9 Å². The second-order valence-electron chi connectivity index (χ2n) is 8.64. The van der Waals surface area contributed by atoms with E-state index in [0.29, 0.717) is 43.5 Å². The molecule has 0 bridgehead atoms. The molecule has 2 amide bonds. The van der Waals surface area contributed by atoms with Crippen molar-refractivity contribution in [2.24, 2.45) is 16.1 Å². The van der Waals surface area contributed by atoms with Gasteiger partial charge in [0, 0.05) is 43.6 Å². The summed E-state index contributed by atoms with van der Waals surface area (Å²) in [5.74, 6) is 0.843. The maximum atomic E-state index is 12.2. The number of benzene rings is 1. The molecule has 1 aromatic carbocycles. The number of carbonyl (C=O) groups excluding carboxylic acids is 2. The van der Waals surface area contributed by atoms with E-state index in [4.69, 9.17) is 4.52 Å². The topological polar surface area (TPSA) is 125 Å². The summed E-state index contributed by atoms with van der Waals surface area (Å²) in [4.78, 5) is 30.5. The molecule has 1 aliphatic heterocycles. The number of aryl methyl sites for hydroxylation is 1. The number of hydrogen-bond acceptors (Lipinski definition) is 8. The third-order valence-electron chi connectivity index (χ3n) is 5.53. The molecule has 0 spiro atoms. The minimum atomic E-state index is -0.368. The van der Waals surface area contributed by atoms with Crippen LogP contribution >= 0.6 is 12.4 Å². The van der Waals surface area contributed by atoms with Crippen molar-refractivity contribution in [3.8, 4) is 11.4 Å². The van der Waals surface area contributed by atoms with Gasteiger partial charge in [-0.2, -0.15) is 4.98 Å². The zero-order valence-corrected chi connectivity index (χ0v) is 21.1. The predicted octanol–water partition coefficient (Wildman–Crippen LogP) is 3.19. The number of azo groups is 1. The normalized spacial score (nSPS) is 16.2. The quantitative estimate of drug-likeness (QED) is 0.444. The molecule has 2 aromatic rings. The van der Waals surface area contributed by atoms with Gasteiger partial charge in [0.15, 0.2) is 5.82 Å². The van der Waals surface area contributed by atoms with Crippen LogP contribution in [0.3, 0.4) is 0 Å². The monoisotopic (exact) mass is 511 g/mol. The summed E-state index contributed by atoms with van der Waals surface area (Å²) in [6, 6.07) is 8.03. The number of nitrogens with zero attached hydrogens (tertiary/aromatic N) is 5. The number of fused-ring (bicyclic) bond motifs is 1. The van der Waals surface area contributed by atoms with E-state index in [0.717, 1.165) is 17.7 Å². The first-order valence-corrected chi connectivity index (χ1v) is 11.6. The fourth-order valence-electron chi connectivity index (χ4n) is 3.77. The SMILES string of the molecule is CN(C)Cc1ccc(-c2noc(CCC(=O)NCCCNC3=C4C=CC=CC4C(=O)N=N3)n2)cc1.Cl. The smallest absolute Gasteiger partial charge is 0.276 e. The Labute approximate surface area is 216 Å². The van der Waals surface area contributed by atoms with Crippen molar-refractivity contribution in [1.82, 2.24) is 25.7 Å². The van der Waals surface area contributed by atoms with Gasteiger partial charge in [-0.1, -0.05) is 53.7 Å². The van der Waals surface area contributed by atoms with Gasteiger partial charge >= 0.3 is 0 Å². The highest BCUT2D eigenvalue weighted by atomic mass is 35.5. The minimum absolute atomic E-state index is 0. The van der Waals surface area contributed by atoms with Crippen LogP contribution in [0.4, 0.5) is 0 Å². The molecule has 4 rings (SSSR count). The fraction of sp³-hybridized carbons (Fsp3) is 0.360. The Morgan fingerprint density at radius 1 is 1.11 bits per heavy atom. The van der Waals surface area contributed by atoms with Crippen molar-refractivity contribution >= 4 is 24.2 Å². The van der Waals surface area contributed by atoms with Crippen molar-refractivity contribution < 1.29 is 14.1 Å². The summed E-state index contributed by atoms with van der Waals surface area (Å²) in [6.45, 7) is 1.97. The van der Waals surface area contributed by atoms with Crippen LogP contribution in [-0.4, -0.2) is 54.0 Å². The first-order chi connectivity index (χ1) is 17.0. The summed E-state index contributed by atoms with van der Waals surface area (Å²) >= 11 is 0. The molecular weight excluding hydrogens is 482 g/mol. The Hall–Kier alpha value is -3.63. The number of amides is 2. The van der Waals surface area contributed by atoms with Gasteiger partial charge in [-0.05, 0) is 26.1 Å². The molecule has 11 heteroatoms. The average Bonchev–Trinajstić information content (AvgIpc) is 3.33. The predicted molar refractivity (Wildman–Crippen MR) is 137 cm³/mol. The Bertz CT molecular complexity index is 1180. The van der Waals surface area contributed by atoms with Crippen LogP contribution in [-0.2, 0) is 22.6 Å². The van der Waals surface area contributed by atoms with E-state index in [-0.39, 0.29) is 36.6 Å². The Morgan fingerprint density at radius 3 is 2.69 bits per heavy atom. The molecule has 0 saturated heterocycles. The van der Waals surface area contributed by atoms with Crippen LogP contribution in [0.25, 0.3) is 11.4 Å². The van der Waals surface area contributed by atoms with Crippen LogP contribution in [0.1, 0.15) is 24.3 Å². The number of rotatable bonds is 11. The summed E-state index contributed by atoms with van der Waals surface area (Å²) in [5.41, 5.74) is 2.90. The molecule has 1 aromatic heterocycles. The molecule has 190 valence electrons. The van der Waals surface area contributed by atoms with E-state index in [1.54, 1.807) is 0 Å². The summed E-state index contributed by atoms with van der Waals surface area (Å²) in [7, 11) is 4.06. The molecule has 1 atom stereocenters. The first-order valence-electron chi connectivity index (χ1n) is 11.6. The van der Waals surface area contributed by atoms with Gasteiger partial charge in [0.05, 0.1) is 5.92 Å². The third kappa shape index (κ3) is 7.19. The zero-order valence-electron chi connectivity index (χ0n) is 20.3. The third-order valence-corrected chi connectivity index (χ3v) is 5.53. The number of allylic oxidation sites excluding steroid dienone is 3. The Balaban J connectivity index is 0.00000361. The van der Waals surface area contributed by atoms with E-state index in [1.807, 2.05) is 62.7 Å². The zero-order chi connectivity index (χ0) is 24.6. The van der Waals surface area contributed by atoms with Crippen LogP contribution in [0.5, 0.6) is 0 Å². The van der Waals surface area contributed by atoms with Gasteiger partial charge in [-0.25, -0.2) is 0 Å². The molecule has 0 radical (unpaired) electrons. The summed E-state index contributed by atoms with van der Waals surface area (Å²) < 4.78 is 5.31. The fourth-order valence-corrected chi connectivity index (χ4v) is 3.77. The van der Waals surface area contributed by atoms with Crippen molar-refractivity contribution in [2.75, 3.05) is 27.2 Å².